The van der Waals surface area contributed by atoms with Crippen molar-refractivity contribution in [1.82, 2.24) is 20.3 Å². The summed E-state index contributed by atoms with van der Waals surface area (Å²) in [4.78, 5) is 33.7. The number of aryl methyl sites for hydroxylation is 1. The number of carbonyl (C=O) groups excluding carboxylic acids is 2. The Morgan fingerprint density at radius 1 is 1.38 bits per heavy atom. The number of carbonyl (C=O) groups is 2. The van der Waals surface area contributed by atoms with Gasteiger partial charge in [-0.3, -0.25) is 14.8 Å². The number of hydroxylamine groups is 2. The number of nitrogens with zero attached hydrogens (tertiary/aromatic N) is 4. The van der Waals surface area contributed by atoms with Crippen LogP contribution in [0.5, 0.6) is 0 Å². The Morgan fingerprint density at radius 2 is 2.07 bits per heavy atom. The average Bonchev–Trinajstić information content (AvgIpc) is 3.41. The molecular weight excluding hydrogens is 377 g/mol. The third-order valence-corrected chi connectivity index (χ3v) is 5.55. The molecule has 3 rings (SSSR count). The molecule has 0 radical (unpaired) electrons. The van der Waals surface area contributed by atoms with Crippen LogP contribution in [0.1, 0.15) is 43.6 Å². The van der Waals surface area contributed by atoms with Crippen LogP contribution in [0.15, 0.2) is 12.2 Å². The molecule has 29 heavy (non-hydrogen) atoms. The van der Waals surface area contributed by atoms with Gasteiger partial charge in [-0.05, 0) is 19.3 Å². The number of hydrogen-bond donors (Lipinski definition) is 2. The molecular formula is C20H28FN5O3. The average molecular weight is 405 g/mol. The van der Waals surface area contributed by atoms with Gasteiger partial charge in [-0.15, -0.1) is 0 Å². The van der Waals surface area contributed by atoms with Crippen LogP contribution in [0, 0.1) is 24.6 Å². The molecule has 1 fully saturated rings. The highest BCUT2D eigenvalue weighted by molar-refractivity contribution is 5.79. The van der Waals surface area contributed by atoms with E-state index in [0.29, 0.717) is 42.7 Å². The lowest BCUT2D eigenvalue weighted by Crippen LogP contribution is -2.38. The summed E-state index contributed by atoms with van der Waals surface area (Å²) in [6, 6.07) is 0. The highest BCUT2D eigenvalue weighted by Crippen LogP contribution is 2.30. The Kier molecular flexibility index (Phi) is 7.13. The van der Waals surface area contributed by atoms with Gasteiger partial charge in [0.1, 0.15) is 11.5 Å². The number of nitrogens with one attached hydrogen (secondary N) is 1. The molecule has 2 N–H and O–H groups in total. The van der Waals surface area contributed by atoms with E-state index in [9.17, 15) is 19.2 Å². The molecule has 1 aromatic heterocycles. The van der Waals surface area contributed by atoms with E-state index in [4.69, 9.17) is 0 Å². The van der Waals surface area contributed by atoms with E-state index in [1.807, 2.05) is 12.2 Å². The molecule has 0 unspecified atom stereocenters. The van der Waals surface area contributed by atoms with Crippen LogP contribution in [0.4, 0.5) is 10.2 Å². The van der Waals surface area contributed by atoms with Crippen molar-refractivity contribution in [3.05, 3.63) is 29.5 Å². The zero-order chi connectivity index (χ0) is 20.8. The van der Waals surface area contributed by atoms with Crippen molar-refractivity contribution < 1.29 is 19.2 Å². The molecule has 0 spiro atoms. The van der Waals surface area contributed by atoms with Crippen LogP contribution in [0.3, 0.4) is 0 Å². The summed E-state index contributed by atoms with van der Waals surface area (Å²) in [5, 5.41) is 12.8. The Morgan fingerprint density at radius 3 is 2.72 bits per heavy atom. The van der Waals surface area contributed by atoms with E-state index in [2.05, 4.69) is 15.3 Å². The van der Waals surface area contributed by atoms with Crippen molar-refractivity contribution in [2.24, 2.45) is 11.8 Å². The minimum Gasteiger partial charge on any atom is -0.350 e. The van der Waals surface area contributed by atoms with E-state index < -0.39 is 11.7 Å². The van der Waals surface area contributed by atoms with Gasteiger partial charge in [0.05, 0.1) is 19.0 Å². The molecule has 0 saturated heterocycles. The standard InChI is InChI=1S/C20H28FN5O3/c1-14-23-17(18(21)19(24-14)25-8-4-5-9-25)11-22-20(28)16(12-26(29)13-27)10-15-6-2-3-7-15/h4-5,13,15-16,29H,2-3,6-12H2,1H3,(H,22,28)/t16-/m1/s1. The molecule has 2 aliphatic rings. The fourth-order valence-electron chi connectivity index (χ4n) is 4.08. The number of halogens is 1. The third-order valence-electron chi connectivity index (χ3n) is 5.55. The smallest absolute Gasteiger partial charge is 0.233 e. The SMILES string of the molecule is Cc1nc(CNC(=O)[C@H](CC2CCCC2)CN(O)C=O)c(F)c(N2CC=CC2)n1. The highest BCUT2D eigenvalue weighted by Gasteiger charge is 2.27. The van der Waals surface area contributed by atoms with Crippen molar-refractivity contribution in [2.45, 2.75) is 45.6 Å². The Bertz CT molecular complexity index is 759. The van der Waals surface area contributed by atoms with Crippen LogP contribution in [0.2, 0.25) is 0 Å². The molecule has 1 atom stereocenters. The number of rotatable bonds is 9. The van der Waals surface area contributed by atoms with Crippen molar-refractivity contribution in [2.75, 3.05) is 24.5 Å². The first kappa shape index (κ1) is 21.2. The Hall–Kier alpha value is -2.55. The van der Waals surface area contributed by atoms with Gasteiger partial charge in [-0.1, -0.05) is 37.8 Å². The van der Waals surface area contributed by atoms with Gasteiger partial charge in [0.15, 0.2) is 11.6 Å². The largest absolute Gasteiger partial charge is 0.350 e. The quantitative estimate of drug-likeness (QED) is 0.282. The number of anilines is 1. The lowest BCUT2D eigenvalue weighted by Gasteiger charge is -2.23. The first-order chi connectivity index (χ1) is 14.0. The van der Waals surface area contributed by atoms with Gasteiger partial charge >= 0.3 is 0 Å². The second-order valence-corrected chi connectivity index (χ2v) is 7.76. The van der Waals surface area contributed by atoms with Gasteiger partial charge < -0.3 is 10.2 Å². The van der Waals surface area contributed by atoms with Crippen molar-refractivity contribution in [3.8, 4) is 0 Å². The number of aromatic nitrogens is 2. The molecule has 1 saturated carbocycles. The molecule has 8 nitrogen and oxygen atoms in total. The lowest BCUT2D eigenvalue weighted by molar-refractivity contribution is -0.155. The fraction of sp³-hybridized carbons (Fsp3) is 0.600. The van der Waals surface area contributed by atoms with Gasteiger partial charge in [-0.2, -0.15) is 0 Å². The van der Waals surface area contributed by atoms with Crippen LogP contribution in [-0.2, 0) is 16.1 Å². The molecule has 2 heterocycles. The molecule has 1 aliphatic heterocycles. The first-order valence-electron chi connectivity index (χ1n) is 10.1. The van der Waals surface area contributed by atoms with E-state index in [1.54, 1.807) is 11.8 Å². The maximum absolute atomic E-state index is 14.9. The summed E-state index contributed by atoms with van der Waals surface area (Å²) < 4.78 is 14.9. The van der Waals surface area contributed by atoms with Crippen LogP contribution in [0.25, 0.3) is 0 Å². The van der Waals surface area contributed by atoms with E-state index >= 15 is 0 Å². The van der Waals surface area contributed by atoms with Crippen molar-refractivity contribution in [3.63, 3.8) is 0 Å². The van der Waals surface area contributed by atoms with Crippen molar-refractivity contribution >= 4 is 18.1 Å². The minimum absolute atomic E-state index is 0.0734. The fourth-order valence-corrected chi connectivity index (χ4v) is 4.08. The molecule has 2 amide bonds. The zero-order valence-electron chi connectivity index (χ0n) is 16.7. The van der Waals surface area contributed by atoms with Gasteiger partial charge in [0, 0.05) is 13.1 Å². The summed E-state index contributed by atoms with van der Waals surface area (Å²) in [5.41, 5.74) is 0.128. The topological polar surface area (TPSA) is 98.7 Å². The van der Waals surface area contributed by atoms with Crippen LogP contribution in [-0.4, -0.2) is 52.2 Å². The summed E-state index contributed by atoms with van der Waals surface area (Å²) in [7, 11) is 0. The monoisotopic (exact) mass is 405 g/mol. The highest BCUT2D eigenvalue weighted by atomic mass is 19.1. The summed E-state index contributed by atoms with van der Waals surface area (Å²) in [6.45, 7) is 2.70. The maximum atomic E-state index is 14.9. The van der Waals surface area contributed by atoms with Crippen LogP contribution >= 0.6 is 0 Å². The Labute approximate surface area is 169 Å². The van der Waals surface area contributed by atoms with E-state index in [1.165, 1.54) is 0 Å². The summed E-state index contributed by atoms with van der Waals surface area (Å²) in [6.07, 6.45) is 9.13. The van der Waals surface area contributed by atoms with E-state index in [-0.39, 0.29) is 30.5 Å². The third kappa shape index (κ3) is 5.50. The molecule has 9 heteroatoms. The van der Waals surface area contributed by atoms with Gasteiger partial charge in [0.2, 0.25) is 12.3 Å². The van der Waals surface area contributed by atoms with Crippen LogP contribution < -0.4 is 10.2 Å². The van der Waals surface area contributed by atoms with Gasteiger partial charge in [0.25, 0.3) is 0 Å². The van der Waals surface area contributed by atoms with Gasteiger partial charge in [-0.25, -0.2) is 19.4 Å². The second kappa shape index (κ2) is 9.78. The lowest BCUT2D eigenvalue weighted by atomic mass is 9.92. The molecule has 0 bridgehead atoms. The van der Waals surface area contributed by atoms with Crippen molar-refractivity contribution in [1.29, 1.82) is 0 Å². The summed E-state index contributed by atoms with van der Waals surface area (Å²) >= 11 is 0. The summed E-state index contributed by atoms with van der Waals surface area (Å²) in [5.74, 6) is -0.347. The molecule has 1 aromatic rings. The predicted octanol–water partition coefficient (Wildman–Crippen LogP) is 1.96. The normalized spacial score (nSPS) is 17.6. The first-order valence-corrected chi connectivity index (χ1v) is 10.1. The molecule has 158 valence electrons. The zero-order valence-corrected chi connectivity index (χ0v) is 16.7. The maximum Gasteiger partial charge on any atom is 0.233 e. The minimum atomic E-state index is -0.554. The predicted molar refractivity (Wildman–Crippen MR) is 105 cm³/mol. The number of hydrogen-bond acceptors (Lipinski definition) is 6. The second-order valence-electron chi connectivity index (χ2n) is 7.76. The Balaban J connectivity index is 1.67. The molecule has 0 aromatic carbocycles. The van der Waals surface area contributed by atoms with E-state index in [0.717, 1.165) is 25.7 Å². The molecule has 1 aliphatic carbocycles. The number of amides is 2.